The largest absolute Gasteiger partial charge is 0.397 e. The van der Waals surface area contributed by atoms with E-state index in [-0.39, 0.29) is 11.9 Å². The smallest absolute Gasteiger partial charge is 0.248 e. The topological polar surface area (TPSA) is 110 Å². The van der Waals surface area contributed by atoms with Crippen LogP contribution in [0.2, 0.25) is 0 Å². The Kier molecular flexibility index (Phi) is 3.36. The molecule has 0 bridgehead atoms. The van der Waals surface area contributed by atoms with E-state index in [2.05, 4.69) is 10.6 Å². The van der Waals surface area contributed by atoms with Crippen LogP contribution in [0.5, 0.6) is 0 Å². The molecule has 1 saturated heterocycles. The molecule has 2 rings (SSSR count). The van der Waals surface area contributed by atoms with Crippen molar-refractivity contribution in [2.75, 3.05) is 17.6 Å². The number of nitrogens with one attached hydrogen (secondary N) is 2. The summed E-state index contributed by atoms with van der Waals surface area (Å²) in [4.78, 5) is 22.7. The number of primary amides is 1. The standard InChI is InChI=1S/C12H16N4O2/c13-8-4-3-7(11(14)17)6-10(8)16-9-2-1-5-15-12(9)18/h3-4,6,9,16H,1-2,5,13H2,(H2,14,17)(H,15,18). The lowest BCUT2D eigenvalue weighted by atomic mass is 10.1. The molecule has 1 aliphatic heterocycles. The van der Waals surface area contributed by atoms with Crippen LogP contribution in [0.25, 0.3) is 0 Å². The minimum Gasteiger partial charge on any atom is -0.397 e. The molecule has 18 heavy (non-hydrogen) atoms. The number of carbonyl (C=O) groups excluding carboxylic acids is 2. The molecular weight excluding hydrogens is 232 g/mol. The number of anilines is 2. The zero-order chi connectivity index (χ0) is 13.1. The second-order valence-corrected chi connectivity index (χ2v) is 4.30. The van der Waals surface area contributed by atoms with Crippen molar-refractivity contribution in [3.05, 3.63) is 23.8 Å². The second-order valence-electron chi connectivity index (χ2n) is 4.30. The molecule has 1 fully saturated rings. The molecule has 0 saturated carbocycles. The molecule has 1 aromatic carbocycles. The minimum atomic E-state index is -0.522. The van der Waals surface area contributed by atoms with Crippen molar-refractivity contribution in [3.63, 3.8) is 0 Å². The molecule has 1 aliphatic rings. The van der Waals surface area contributed by atoms with Gasteiger partial charge in [0.2, 0.25) is 11.8 Å². The quantitative estimate of drug-likeness (QED) is 0.567. The molecule has 1 unspecified atom stereocenters. The third-order valence-corrected chi connectivity index (χ3v) is 2.95. The summed E-state index contributed by atoms with van der Waals surface area (Å²) < 4.78 is 0. The van der Waals surface area contributed by atoms with Crippen molar-refractivity contribution in [2.24, 2.45) is 5.73 Å². The van der Waals surface area contributed by atoms with Gasteiger partial charge >= 0.3 is 0 Å². The molecule has 2 amide bonds. The van der Waals surface area contributed by atoms with E-state index in [1.807, 2.05) is 0 Å². The van der Waals surface area contributed by atoms with E-state index in [1.54, 1.807) is 18.2 Å². The number of benzene rings is 1. The van der Waals surface area contributed by atoms with Gasteiger partial charge in [-0.05, 0) is 31.0 Å². The highest BCUT2D eigenvalue weighted by molar-refractivity contribution is 5.95. The number of nitrogens with two attached hydrogens (primary N) is 2. The van der Waals surface area contributed by atoms with Gasteiger partial charge in [-0.25, -0.2) is 0 Å². The molecule has 6 N–H and O–H groups in total. The Bertz CT molecular complexity index is 487. The van der Waals surface area contributed by atoms with Crippen LogP contribution in [0.3, 0.4) is 0 Å². The Morgan fingerprint density at radius 2 is 2.22 bits per heavy atom. The van der Waals surface area contributed by atoms with Crippen LogP contribution < -0.4 is 22.1 Å². The van der Waals surface area contributed by atoms with Crippen molar-refractivity contribution in [1.82, 2.24) is 5.32 Å². The van der Waals surface area contributed by atoms with Gasteiger partial charge in [0.1, 0.15) is 6.04 Å². The molecule has 6 nitrogen and oxygen atoms in total. The molecule has 1 atom stereocenters. The average Bonchev–Trinajstić information content (AvgIpc) is 2.34. The van der Waals surface area contributed by atoms with Gasteiger partial charge in [0.05, 0.1) is 11.4 Å². The normalized spacial score (nSPS) is 19.1. The Balaban J connectivity index is 2.19. The average molecular weight is 248 g/mol. The first-order chi connectivity index (χ1) is 8.58. The van der Waals surface area contributed by atoms with Gasteiger partial charge in [-0.15, -0.1) is 0 Å². The van der Waals surface area contributed by atoms with Crippen molar-refractivity contribution in [1.29, 1.82) is 0 Å². The summed E-state index contributed by atoms with van der Waals surface area (Å²) in [5, 5.41) is 5.82. The highest BCUT2D eigenvalue weighted by atomic mass is 16.2. The number of nitrogen functional groups attached to an aromatic ring is 1. The van der Waals surface area contributed by atoms with E-state index in [4.69, 9.17) is 11.5 Å². The monoisotopic (exact) mass is 248 g/mol. The number of amides is 2. The van der Waals surface area contributed by atoms with Gasteiger partial charge in [0, 0.05) is 12.1 Å². The molecule has 6 heteroatoms. The van der Waals surface area contributed by atoms with E-state index in [9.17, 15) is 9.59 Å². The Labute approximate surface area is 105 Å². The van der Waals surface area contributed by atoms with Gasteiger partial charge < -0.3 is 22.1 Å². The van der Waals surface area contributed by atoms with E-state index in [0.29, 0.717) is 23.5 Å². The molecule has 0 aliphatic carbocycles. The lowest BCUT2D eigenvalue weighted by Crippen LogP contribution is -2.44. The summed E-state index contributed by atoms with van der Waals surface area (Å²) in [6.45, 7) is 0.702. The van der Waals surface area contributed by atoms with Gasteiger partial charge in [-0.1, -0.05) is 0 Å². The lowest BCUT2D eigenvalue weighted by Gasteiger charge is -2.24. The van der Waals surface area contributed by atoms with Crippen LogP contribution in [0.15, 0.2) is 18.2 Å². The Morgan fingerprint density at radius 3 is 2.89 bits per heavy atom. The molecule has 1 aromatic rings. The first-order valence-electron chi connectivity index (χ1n) is 5.81. The molecular formula is C12H16N4O2. The fourth-order valence-corrected chi connectivity index (χ4v) is 1.93. The number of rotatable bonds is 3. The second kappa shape index (κ2) is 4.95. The Hall–Kier alpha value is -2.24. The summed E-state index contributed by atoms with van der Waals surface area (Å²) in [7, 11) is 0. The predicted octanol–water partition coefficient (Wildman–Crippen LogP) is 0.0582. The number of piperidine rings is 1. The van der Waals surface area contributed by atoms with Crippen LogP contribution in [0.1, 0.15) is 23.2 Å². The van der Waals surface area contributed by atoms with Crippen LogP contribution >= 0.6 is 0 Å². The number of hydrogen-bond donors (Lipinski definition) is 4. The lowest BCUT2D eigenvalue weighted by molar-refractivity contribution is -0.123. The SMILES string of the molecule is NC(=O)c1ccc(N)c(NC2CCCNC2=O)c1. The van der Waals surface area contributed by atoms with E-state index in [1.165, 1.54) is 0 Å². The summed E-state index contributed by atoms with van der Waals surface area (Å²) in [6, 6.07) is 4.41. The van der Waals surface area contributed by atoms with Gasteiger partial charge in [0.25, 0.3) is 0 Å². The van der Waals surface area contributed by atoms with Gasteiger partial charge in [-0.3, -0.25) is 9.59 Å². The summed E-state index contributed by atoms with van der Waals surface area (Å²) >= 11 is 0. The van der Waals surface area contributed by atoms with Crippen LogP contribution in [0, 0.1) is 0 Å². The maximum atomic E-state index is 11.6. The highest BCUT2D eigenvalue weighted by Gasteiger charge is 2.22. The van der Waals surface area contributed by atoms with Gasteiger partial charge in [0.15, 0.2) is 0 Å². The van der Waals surface area contributed by atoms with Crippen LogP contribution in [-0.4, -0.2) is 24.4 Å². The molecule has 0 spiro atoms. The first kappa shape index (κ1) is 12.2. The van der Waals surface area contributed by atoms with Crippen molar-refractivity contribution < 1.29 is 9.59 Å². The van der Waals surface area contributed by atoms with Crippen LogP contribution in [0.4, 0.5) is 11.4 Å². The first-order valence-corrected chi connectivity index (χ1v) is 5.81. The van der Waals surface area contributed by atoms with E-state index in [0.717, 1.165) is 12.8 Å². The maximum absolute atomic E-state index is 11.6. The molecule has 0 radical (unpaired) electrons. The van der Waals surface area contributed by atoms with Crippen molar-refractivity contribution >= 4 is 23.2 Å². The van der Waals surface area contributed by atoms with E-state index < -0.39 is 5.91 Å². The minimum absolute atomic E-state index is 0.0508. The fourth-order valence-electron chi connectivity index (χ4n) is 1.93. The van der Waals surface area contributed by atoms with E-state index >= 15 is 0 Å². The zero-order valence-corrected chi connectivity index (χ0v) is 9.90. The predicted molar refractivity (Wildman–Crippen MR) is 69.0 cm³/mol. The third kappa shape index (κ3) is 2.53. The Morgan fingerprint density at radius 1 is 1.44 bits per heavy atom. The third-order valence-electron chi connectivity index (χ3n) is 2.95. The van der Waals surface area contributed by atoms with Crippen molar-refractivity contribution in [3.8, 4) is 0 Å². The fraction of sp³-hybridized carbons (Fsp3) is 0.333. The maximum Gasteiger partial charge on any atom is 0.248 e. The molecule has 1 heterocycles. The van der Waals surface area contributed by atoms with Crippen molar-refractivity contribution in [2.45, 2.75) is 18.9 Å². The summed E-state index contributed by atoms with van der Waals surface area (Å²) in [5.74, 6) is -0.573. The molecule has 0 aromatic heterocycles. The molecule has 96 valence electrons. The summed E-state index contributed by atoms with van der Waals surface area (Å²) in [5.41, 5.74) is 12.4. The summed E-state index contributed by atoms with van der Waals surface area (Å²) in [6.07, 6.45) is 1.66. The highest BCUT2D eigenvalue weighted by Crippen LogP contribution is 2.22. The number of hydrogen-bond acceptors (Lipinski definition) is 4. The van der Waals surface area contributed by atoms with Crippen LogP contribution in [-0.2, 0) is 4.79 Å². The van der Waals surface area contributed by atoms with Gasteiger partial charge in [-0.2, -0.15) is 0 Å². The number of carbonyl (C=O) groups is 2. The zero-order valence-electron chi connectivity index (χ0n) is 9.90.